The van der Waals surface area contributed by atoms with Gasteiger partial charge in [0.25, 0.3) is 5.91 Å². The van der Waals surface area contributed by atoms with E-state index in [1.807, 2.05) is 6.92 Å². The number of likely N-dealkylation sites (tertiary alicyclic amines) is 1. The molecule has 24 heavy (non-hydrogen) atoms. The van der Waals surface area contributed by atoms with Crippen LogP contribution in [0.1, 0.15) is 35.7 Å². The van der Waals surface area contributed by atoms with Crippen LogP contribution < -0.4 is 5.32 Å². The smallest absolute Gasteiger partial charge is 0.254 e. The monoisotopic (exact) mass is 336 g/mol. The lowest BCUT2D eigenvalue weighted by atomic mass is 9.80. The topological polar surface area (TPSA) is 58.6 Å². The highest BCUT2D eigenvalue weighted by Crippen LogP contribution is 2.31. The van der Waals surface area contributed by atoms with E-state index in [1.165, 1.54) is 12.1 Å². The van der Waals surface area contributed by atoms with Gasteiger partial charge >= 0.3 is 0 Å². The number of ether oxygens (including phenoxy) is 1. The van der Waals surface area contributed by atoms with E-state index in [1.54, 1.807) is 25.0 Å². The predicted octanol–water partition coefficient (Wildman–Crippen LogP) is 2.14. The van der Waals surface area contributed by atoms with E-state index in [4.69, 9.17) is 4.74 Å². The third-order valence-corrected chi connectivity index (χ3v) is 4.55. The first kappa shape index (κ1) is 18.4. The fraction of sp³-hybridized carbons (Fsp3) is 0.556. The molecule has 1 saturated heterocycles. The Morgan fingerprint density at radius 3 is 2.88 bits per heavy atom. The summed E-state index contributed by atoms with van der Waals surface area (Å²) in [7, 11) is 1.58. The number of benzene rings is 1. The quantitative estimate of drug-likeness (QED) is 0.838. The minimum absolute atomic E-state index is 0.0759. The summed E-state index contributed by atoms with van der Waals surface area (Å²) in [6.07, 6.45) is 1.46. The van der Waals surface area contributed by atoms with Gasteiger partial charge in [0.15, 0.2) is 0 Å². The Bertz CT molecular complexity index is 620. The Hall–Kier alpha value is -1.95. The zero-order valence-corrected chi connectivity index (χ0v) is 14.5. The molecule has 0 spiro atoms. The molecule has 6 heteroatoms. The zero-order chi connectivity index (χ0) is 17.7. The van der Waals surface area contributed by atoms with Crippen LogP contribution in [0.15, 0.2) is 18.2 Å². The SMILES string of the molecule is COCCNC(=O)C1(C)CCCN(C(=O)c2cc(F)ccc2C)C1. The highest BCUT2D eigenvalue weighted by atomic mass is 19.1. The molecular weight excluding hydrogens is 311 g/mol. The van der Waals surface area contributed by atoms with Crippen LogP contribution in [0.3, 0.4) is 0 Å². The van der Waals surface area contributed by atoms with E-state index in [9.17, 15) is 14.0 Å². The fourth-order valence-corrected chi connectivity index (χ4v) is 3.07. The molecule has 1 heterocycles. The van der Waals surface area contributed by atoms with Crippen molar-refractivity contribution < 1.29 is 18.7 Å². The van der Waals surface area contributed by atoms with Crippen molar-refractivity contribution >= 4 is 11.8 Å². The van der Waals surface area contributed by atoms with Gasteiger partial charge in [-0.2, -0.15) is 0 Å². The molecule has 0 saturated carbocycles. The maximum absolute atomic E-state index is 13.5. The summed E-state index contributed by atoms with van der Waals surface area (Å²) in [5, 5.41) is 2.85. The van der Waals surface area contributed by atoms with Gasteiger partial charge in [-0.3, -0.25) is 9.59 Å². The molecule has 0 bridgehead atoms. The van der Waals surface area contributed by atoms with Crippen molar-refractivity contribution in [2.45, 2.75) is 26.7 Å². The van der Waals surface area contributed by atoms with Crippen LogP contribution in [0.25, 0.3) is 0 Å². The molecule has 2 amide bonds. The summed E-state index contributed by atoms with van der Waals surface area (Å²) in [6.45, 7) is 5.46. The van der Waals surface area contributed by atoms with Gasteiger partial charge in [0, 0.05) is 32.3 Å². The van der Waals surface area contributed by atoms with E-state index in [0.29, 0.717) is 31.8 Å². The van der Waals surface area contributed by atoms with Crippen molar-refractivity contribution in [1.82, 2.24) is 10.2 Å². The lowest BCUT2D eigenvalue weighted by Gasteiger charge is -2.39. The number of hydrogen-bond donors (Lipinski definition) is 1. The van der Waals surface area contributed by atoms with Gasteiger partial charge in [0.05, 0.1) is 12.0 Å². The lowest BCUT2D eigenvalue weighted by Crippen LogP contribution is -2.52. The largest absolute Gasteiger partial charge is 0.383 e. The van der Waals surface area contributed by atoms with Crippen molar-refractivity contribution in [2.75, 3.05) is 33.4 Å². The van der Waals surface area contributed by atoms with Gasteiger partial charge in [-0.25, -0.2) is 4.39 Å². The normalized spacial score (nSPS) is 20.8. The van der Waals surface area contributed by atoms with Gasteiger partial charge in [-0.05, 0) is 44.4 Å². The number of methoxy groups -OCH3 is 1. The minimum atomic E-state index is -0.636. The standard InChI is InChI=1S/C18H25FN2O3/c1-13-5-6-14(19)11-15(13)16(22)21-9-4-7-18(2,12-21)17(23)20-8-10-24-3/h5-6,11H,4,7-10,12H2,1-3H3,(H,20,23). The molecule has 1 aromatic rings. The molecule has 1 N–H and O–H groups in total. The molecule has 0 radical (unpaired) electrons. The molecule has 1 unspecified atom stereocenters. The van der Waals surface area contributed by atoms with E-state index >= 15 is 0 Å². The number of hydrogen-bond acceptors (Lipinski definition) is 3. The molecule has 1 atom stereocenters. The predicted molar refractivity (Wildman–Crippen MR) is 89.3 cm³/mol. The van der Waals surface area contributed by atoms with Crippen molar-refractivity contribution in [3.8, 4) is 0 Å². The molecular formula is C18H25FN2O3. The lowest BCUT2D eigenvalue weighted by molar-refractivity contribution is -0.132. The van der Waals surface area contributed by atoms with Crippen molar-refractivity contribution in [1.29, 1.82) is 0 Å². The summed E-state index contributed by atoms with van der Waals surface area (Å²) >= 11 is 0. The Morgan fingerprint density at radius 2 is 2.17 bits per heavy atom. The average Bonchev–Trinajstić information content (AvgIpc) is 2.56. The zero-order valence-electron chi connectivity index (χ0n) is 14.5. The third kappa shape index (κ3) is 4.12. The van der Waals surface area contributed by atoms with Crippen LogP contribution in [0.5, 0.6) is 0 Å². The number of aryl methyl sites for hydroxylation is 1. The first-order valence-corrected chi connectivity index (χ1v) is 8.20. The molecule has 1 aliphatic rings. The Labute approximate surface area is 142 Å². The summed E-state index contributed by atoms with van der Waals surface area (Å²) in [6, 6.07) is 4.21. The number of nitrogens with one attached hydrogen (secondary N) is 1. The average molecular weight is 336 g/mol. The second-order valence-electron chi connectivity index (χ2n) is 6.60. The molecule has 132 valence electrons. The number of carbonyl (C=O) groups is 2. The highest BCUT2D eigenvalue weighted by Gasteiger charge is 2.39. The van der Waals surface area contributed by atoms with E-state index in [2.05, 4.69) is 5.32 Å². The molecule has 2 rings (SSSR count). The maximum atomic E-state index is 13.5. The van der Waals surface area contributed by atoms with Crippen molar-refractivity contribution in [3.63, 3.8) is 0 Å². The van der Waals surface area contributed by atoms with Gasteiger partial charge in [0.1, 0.15) is 5.82 Å². The summed E-state index contributed by atoms with van der Waals surface area (Å²) in [4.78, 5) is 26.9. The van der Waals surface area contributed by atoms with Gasteiger partial charge in [0.2, 0.25) is 5.91 Å². The number of carbonyl (C=O) groups excluding carboxylic acids is 2. The van der Waals surface area contributed by atoms with E-state index in [0.717, 1.165) is 18.4 Å². The second kappa shape index (κ2) is 7.75. The summed E-state index contributed by atoms with van der Waals surface area (Å²) in [5.41, 5.74) is 0.459. The Kier molecular flexibility index (Phi) is 5.94. The maximum Gasteiger partial charge on any atom is 0.254 e. The van der Waals surface area contributed by atoms with Gasteiger partial charge < -0.3 is 15.0 Å². The highest BCUT2D eigenvalue weighted by molar-refractivity contribution is 5.96. The number of nitrogens with zero attached hydrogens (tertiary/aromatic N) is 1. The van der Waals surface area contributed by atoms with Gasteiger partial charge in [-0.1, -0.05) is 6.07 Å². The second-order valence-corrected chi connectivity index (χ2v) is 6.60. The number of piperidine rings is 1. The van der Waals surface area contributed by atoms with Crippen molar-refractivity contribution in [3.05, 3.63) is 35.1 Å². The number of halogens is 1. The molecule has 5 nitrogen and oxygen atoms in total. The fourth-order valence-electron chi connectivity index (χ4n) is 3.07. The van der Waals surface area contributed by atoms with Crippen molar-refractivity contribution in [2.24, 2.45) is 5.41 Å². The van der Waals surface area contributed by atoms with Gasteiger partial charge in [-0.15, -0.1) is 0 Å². The summed E-state index contributed by atoms with van der Waals surface area (Å²) in [5.74, 6) is -0.725. The van der Waals surface area contributed by atoms with E-state index in [-0.39, 0.29) is 11.8 Å². The first-order chi connectivity index (χ1) is 11.4. The Balaban J connectivity index is 2.10. The molecule has 1 aromatic carbocycles. The van der Waals surface area contributed by atoms with Crippen LogP contribution in [-0.2, 0) is 9.53 Å². The minimum Gasteiger partial charge on any atom is -0.383 e. The molecule has 1 aliphatic heterocycles. The summed E-state index contributed by atoms with van der Waals surface area (Å²) < 4.78 is 18.4. The van der Waals surface area contributed by atoms with Crippen LogP contribution in [0.4, 0.5) is 4.39 Å². The third-order valence-electron chi connectivity index (χ3n) is 4.55. The van der Waals surface area contributed by atoms with Crippen LogP contribution in [-0.4, -0.2) is 50.1 Å². The van der Waals surface area contributed by atoms with E-state index < -0.39 is 11.2 Å². The molecule has 0 aliphatic carbocycles. The Morgan fingerprint density at radius 1 is 1.42 bits per heavy atom. The van der Waals surface area contributed by atoms with Crippen LogP contribution in [0, 0.1) is 18.2 Å². The number of amides is 2. The molecule has 1 fully saturated rings. The van der Waals surface area contributed by atoms with Crippen LogP contribution >= 0.6 is 0 Å². The molecule has 0 aromatic heterocycles. The first-order valence-electron chi connectivity index (χ1n) is 8.20. The number of rotatable bonds is 5. The van der Waals surface area contributed by atoms with Crippen LogP contribution in [0.2, 0.25) is 0 Å².